The Morgan fingerprint density at radius 1 is 1.13 bits per heavy atom. The van der Waals surface area contributed by atoms with Crippen LogP contribution in [0.25, 0.3) is 0 Å². The van der Waals surface area contributed by atoms with E-state index < -0.39 is 11.7 Å². The molecule has 162 valence electrons. The molecule has 0 aliphatic carbocycles. The molecule has 0 N–H and O–H groups in total. The van der Waals surface area contributed by atoms with Gasteiger partial charge in [-0.15, -0.1) is 0 Å². The molecule has 0 spiro atoms. The van der Waals surface area contributed by atoms with E-state index in [4.69, 9.17) is 39.5 Å². The predicted octanol–water partition coefficient (Wildman–Crippen LogP) is 6.54. The molecule has 30 heavy (non-hydrogen) atoms. The van der Waals surface area contributed by atoms with E-state index in [1.165, 1.54) is 12.1 Å². The number of hydrogen-bond acceptors (Lipinski definition) is 4. The fraction of sp³-hybridized carbons (Fsp3) is 0.316. The van der Waals surface area contributed by atoms with E-state index in [0.717, 1.165) is 22.4 Å². The zero-order valence-electron chi connectivity index (χ0n) is 15.4. The van der Waals surface area contributed by atoms with Crippen LogP contribution in [-0.2, 0) is 6.18 Å². The lowest BCUT2D eigenvalue weighted by atomic mass is 10.2. The molecule has 4 nitrogen and oxygen atoms in total. The summed E-state index contributed by atoms with van der Waals surface area (Å²) in [6.07, 6.45) is -2.01. The third-order valence-electron chi connectivity index (χ3n) is 4.49. The van der Waals surface area contributed by atoms with E-state index in [1.807, 2.05) is 11.0 Å². The zero-order chi connectivity index (χ0) is 21.9. The van der Waals surface area contributed by atoms with Gasteiger partial charge in [-0.3, -0.25) is 0 Å². The molecule has 1 aliphatic heterocycles. The number of halogens is 7. The summed E-state index contributed by atoms with van der Waals surface area (Å²) in [5.41, 5.74) is 0.101. The average Bonchev–Trinajstić information content (AvgIpc) is 2.70. The van der Waals surface area contributed by atoms with Crippen LogP contribution in [0.5, 0.6) is 5.75 Å². The number of hydrogen-bond donors (Lipinski definition) is 0. The lowest BCUT2D eigenvalue weighted by molar-refractivity contribution is -0.137. The molecule has 1 saturated heterocycles. The Kier molecular flexibility index (Phi) is 7.66. The second kappa shape index (κ2) is 9.85. The molecule has 0 saturated carbocycles. The average molecular weight is 546 g/mol. The van der Waals surface area contributed by atoms with Gasteiger partial charge in [0.05, 0.1) is 20.7 Å². The highest BCUT2D eigenvalue weighted by Gasteiger charge is 2.31. The molecule has 3 rings (SSSR count). The second-order valence-corrected chi connectivity index (χ2v) is 8.63. The molecule has 1 aromatic heterocycles. The molecule has 11 heteroatoms. The highest BCUT2D eigenvalue weighted by Crippen LogP contribution is 2.38. The van der Waals surface area contributed by atoms with Crippen molar-refractivity contribution in [1.29, 1.82) is 0 Å². The Labute approximate surface area is 195 Å². The van der Waals surface area contributed by atoms with Gasteiger partial charge in [-0.1, -0.05) is 34.8 Å². The van der Waals surface area contributed by atoms with Crippen LogP contribution in [0.15, 0.2) is 45.5 Å². The maximum absolute atomic E-state index is 12.7. The van der Waals surface area contributed by atoms with E-state index in [2.05, 4.69) is 25.8 Å². The fourth-order valence-electron chi connectivity index (χ4n) is 2.98. The van der Waals surface area contributed by atoms with Crippen LogP contribution in [0.4, 0.5) is 24.7 Å². The van der Waals surface area contributed by atoms with Crippen molar-refractivity contribution in [2.45, 2.75) is 6.18 Å². The minimum absolute atomic E-state index is 0.117. The topological polar surface area (TPSA) is 28.6 Å². The zero-order valence-corrected chi connectivity index (χ0v) is 19.2. The minimum atomic E-state index is -4.40. The smallest absolute Gasteiger partial charge is 0.417 e. The molecule has 0 unspecified atom stereocenters. The van der Waals surface area contributed by atoms with Gasteiger partial charge in [-0.2, -0.15) is 13.2 Å². The Balaban J connectivity index is 1.68. The van der Waals surface area contributed by atoms with E-state index in [9.17, 15) is 13.2 Å². The summed E-state index contributed by atoms with van der Waals surface area (Å²) in [7, 11) is 0. The van der Waals surface area contributed by atoms with Crippen LogP contribution < -0.4 is 14.5 Å². The SMILES string of the molecule is FC(F)(F)c1ccc(N2CCN(c3cc(OCC=C(Cl)Cl)cc(Cl)c3Br)CC2)nc1. The van der Waals surface area contributed by atoms with Gasteiger partial charge >= 0.3 is 6.18 Å². The lowest BCUT2D eigenvalue weighted by Gasteiger charge is -2.37. The van der Waals surface area contributed by atoms with E-state index in [1.54, 1.807) is 6.07 Å². The van der Waals surface area contributed by atoms with Crippen molar-refractivity contribution in [2.24, 2.45) is 0 Å². The van der Waals surface area contributed by atoms with Gasteiger partial charge in [0.1, 0.15) is 22.7 Å². The largest absolute Gasteiger partial charge is 0.489 e. The van der Waals surface area contributed by atoms with Gasteiger partial charge in [0.25, 0.3) is 0 Å². The Morgan fingerprint density at radius 2 is 1.80 bits per heavy atom. The quantitative estimate of drug-likeness (QED) is 0.427. The van der Waals surface area contributed by atoms with Gasteiger partial charge in [-0.05, 0) is 34.1 Å². The van der Waals surface area contributed by atoms with Crippen molar-refractivity contribution in [3.05, 3.63) is 56.1 Å². The molecule has 0 radical (unpaired) electrons. The Hall–Kier alpha value is -1.35. The number of pyridine rings is 1. The summed E-state index contributed by atoms with van der Waals surface area (Å²) >= 11 is 21.0. The third kappa shape index (κ3) is 5.87. The van der Waals surface area contributed by atoms with Crippen LogP contribution in [0.3, 0.4) is 0 Å². The summed E-state index contributed by atoms with van der Waals surface area (Å²) < 4.78 is 44.6. The standard InChI is InChI=1S/C19H16BrCl3F3N3O/c20-18-14(21)9-13(30-8-3-16(22)23)10-15(18)28-4-6-29(7-5-28)17-2-1-12(11-27-17)19(24,25)26/h1-3,9-11H,4-8H2. The molecular weight excluding hydrogens is 529 g/mol. The van der Waals surface area contributed by atoms with Gasteiger partial charge in [0.2, 0.25) is 0 Å². The normalized spacial score (nSPS) is 14.6. The maximum Gasteiger partial charge on any atom is 0.417 e. The number of anilines is 2. The predicted molar refractivity (Wildman–Crippen MR) is 118 cm³/mol. The molecule has 1 fully saturated rings. The first-order chi connectivity index (χ1) is 14.1. The summed E-state index contributed by atoms with van der Waals surface area (Å²) in [6, 6.07) is 5.99. The monoisotopic (exact) mass is 543 g/mol. The van der Waals surface area contributed by atoms with E-state index in [-0.39, 0.29) is 11.1 Å². The molecule has 0 amide bonds. The van der Waals surface area contributed by atoms with E-state index in [0.29, 0.717) is 42.8 Å². The summed E-state index contributed by atoms with van der Waals surface area (Å²) in [5.74, 6) is 1.08. The Bertz CT molecular complexity index is 914. The summed E-state index contributed by atoms with van der Waals surface area (Å²) in [4.78, 5) is 8.03. The fourth-order valence-corrected chi connectivity index (χ4v) is 3.79. The third-order valence-corrected chi connectivity index (χ3v) is 6.16. The first-order valence-electron chi connectivity index (χ1n) is 8.81. The van der Waals surface area contributed by atoms with Crippen molar-refractivity contribution >= 4 is 62.2 Å². The number of ether oxygens (including phenoxy) is 1. The van der Waals surface area contributed by atoms with Gasteiger partial charge in [-0.25, -0.2) is 4.98 Å². The van der Waals surface area contributed by atoms with Crippen LogP contribution in [0, 0.1) is 0 Å². The van der Waals surface area contributed by atoms with Crippen LogP contribution in [-0.4, -0.2) is 37.8 Å². The van der Waals surface area contributed by atoms with Crippen LogP contribution in [0.1, 0.15) is 5.56 Å². The first kappa shape index (κ1) is 23.3. The Morgan fingerprint density at radius 3 is 2.37 bits per heavy atom. The van der Waals surface area contributed by atoms with E-state index >= 15 is 0 Å². The first-order valence-corrected chi connectivity index (χ1v) is 10.7. The number of benzene rings is 1. The summed E-state index contributed by atoms with van der Waals surface area (Å²) in [5, 5.41) is 0.496. The number of piperazine rings is 1. The van der Waals surface area contributed by atoms with Crippen molar-refractivity contribution in [3.8, 4) is 5.75 Å². The lowest BCUT2D eigenvalue weighted by Crippen LogP contribution is -2.47. The van der Waals surface area contributed by atoms with Crippen molar-refractivity contribution in [2.75, 3.05) is 42.6 Å². The molecular formula is C19H16BrCl3F3N3O. The van der Waals surface area contributed by atoms with Crippen molar-refractivity contribution < 1.29 is 17.9 Å². The molecule has 2 heterocycles. The molecule has 2 aromatic rings. The van der Waals surface area contributed by atoms with Crippen molar-refractivity contribution in [3.63, 3.8) is 0 Å². The number of aromatic nitrogens is 1. The second-order valence-electron chi connectivity index (χ2n) is 6.42. The minimum Gasteiger partial charge on any atom is -0.489 e. The maximum atomic E-state index is 12.7. The highest BCUT2D eigenvalue weighted by molar-refractivity contribution is 9.10. The number of alkyl halides is 3. The highest BCUT2D eigenvalue weighted by atomic mass is 79.9. The number of rotatable bonds is 5. The molecule has 1 aliphatic rings. The van der Waals surface area contributed by atoms with Gasteiger partial charge in [0, 0.05) is 44.5 Å². The molecule has 0 bridgehead atoms. The molecule has 0 atom stereocenters. The van der Waals surface area contributed by atoms with Crippen LogP contribution >= 0.6 is 50.7 Å². The number of nitrogens with zero attached hydrogens (tertiary/aromatic N) is 3. The van der Waals surface area contributed by atoms with Gasteiger partial charge < -0.3 is 14.5 Å². The van der Waals surface area contributed by atoms with Crippen molar-refractivity contribution in [1.82, 2.24) is 4.98 Å². The summed E-state index contributed by atoms with van der Waals surface area (Å²) in [6.45, 7) is 2.66. The molecule has 1 aromatic carbocycles. The van der Waals surface area contributed by atoms with Crippen LogP contribution in [0.2, 0.25) is 5.02 Å². The van der Waals surface area contributed by atoms with Gasteiger partial charge in [0.15, 0.2) is 0 Å².